The molecule has 1 heterocycles. The minimum Gasteiger partial charge on any atom is -0.389 e. The summed E-state index contributed by atoms with van der Waals surface area (Å²) in [6.07, 6.45) is 0.697. The lowest BCUT2D eigenvalue weighted by Crippen LogP contribution is -2.38. The van der Waals surface area contributed by atoms with E-state index in [-0.39, 0.29) is 10.9 Å². The SMILES string of the molecule is CC(O)c1cccc(S(=O)(=O)NC2CCOCC2)c1. The summed E-state index contributed by atoms with van der Waals surface area (Å²) in [6.45, 7) is 2.78. The summed E-state index contributed by atoms with van der Waals surface area (Å²) >= 11 is 0. The van der Waals surface area contributed by atoms with Crippen molar-refractivity contribution in [2.75, 3.05) is 13.2 Å². The van der Waals surface area contributed by atoms with Crippen LogP contribution in [0.2, 0.25) is 0 Å². The maximum atomic E-state index is 12.2. The number of aliphatic hydroxyl groups is 1. The zero-order valence-electron chi connectivity index (χ0n) is 10.9. The summed E-state index contributed by atoms with van der Waals surface area (Å²) in [4.78, 5) is 0.192. The minimum atomic E-state index is -3.53. The Hall–Kier alpha value is -0.950. The molecule has 1 aromatic carbocycles. The average Bonchev–Trinajstić information content (AvgIpc) is 2.39. The fourth-order valence-corrected chi connectivity index (χ4v) is 3.40. The van der Waals surface area contributed by atoms with Crippen molar-refractivity contribution in [3.8, 4) is 0 Å². The van der Waals surface area contributed by atoms with Gasteiger partial charge in [-0.2, -0.15) is 0 Å². The lowest BCUT2D eigenvalue weighted by molar-refractivity contribution is 0.0832. The van der Waals surface area contributed by atoms with E-state index >= 15 is 0 Å². The van der Waals surface area contributed by atoms with Gasteiger partial charge in [-0.15, -0.1) is 0 Å². The van der Waals surface area contributed by atoms with E-state index in [9.17, 15) is 13.5 Å². The molecular formula is C13H19NO4S. The van der Waals surface area contributed by atoms with E-state index in [2.05, 4.69) is 4.72 Å². The van der Waals surface area contributed by atoms with Crippen LogP contribution < -0.4 is 4.72 Å². The van der Waals surface area contributed by atoms with Gasteiger partial charge in [0.05, 0.1) is 11.0 Å². The van der Waals surface area contributed by atoms with E-state index < -0.39 is 16.1 Å². The first-order valence-corrected chi connectivity index (χ1v) is 7.85. The van der Waals surface area contributed by atoms with Crippen molar-refractivity contribution in [3.63, 3.8) is 0 Å². The maximum absolute atomic E-state index is 12.2. The van der Waals surface area contributed by atoms with E-state index in [0.29, 0.717) is 31.6 Å². The fourth-order valence-electron chi connectivity index (χ4n) is 2.04. The largest absolute Gasteiger partial charge is 0.389 e. The lowest BCUT2D eigenvalue weighted by Gasteiger charge is -2.23. The van der Waals surface area contributed by atoms with Gasteiger partial charge in [-0.1, -0.05) is 12.1 Å². The molecule has 2 rings (SSSR count). The number of aliphatic hydroxyl groups excluding tert-OH is 1. The van der Waals surface area contributed by atoms with Gasteiger partial charge in [0.25, 0.3) is 0 Å². The summed E-state index contributed by atoms with van der Waals surface area (Å²) < 4.78 is 32.4. The van der Waals surface area contributed by atoms with E-state index in [1.807, 2.05) is 0 Å². The second-order valence-corrected chi connectivity index (χ2v) is 6.47. The molecule has 1 unspecified atom stereocenters. The Bertz CT molecular complexity index is 521. The van der Waals surface area contributed by atoms with Crippen LogP contribution in [0.4, 0.5) is 0 Å². The zero-order valence-corrected chi connectivity index (χ0v) is 11.7. The van der Waals surface area contributed by atoms with E-state index in [4.69, 9.17) is 4.74 Å². The van der Waals surface area contributed by atoms with E-state index in [0.717, 1.165) is 0 Å². The Morgan fingerprint density at radius 3 is 2.68 bits per heavy atom. The molecule has 0 radical (unpaired) electrons. The molecule has 6 heteroatoms. The summed E-state index contributed by atoms with van der Waals surface area (Å²) in [7, 11) is -3.53. The zero-order chi connectivity index (χ0) is 13.9. The fraction of sp³-hybridized carbons (Fsp3) is 0.538. The molecule has 0 amide bonds. The molecule has 2 N–H and O–H groups in total. The first-order valence-electron chi connectivity index (χ1n) is 6.37. The highest BCUT2D eigenvalue weighted by atomic mass is 32.2. The third kappa shape index (κ3) is 3.76. The van der Waals surface area contributed by atoms with Crippen LogP contribution in [0.15, 0.2) is 29.2 Å². The molecule has 0 spiro atoms. The third-order valence-corrected chi connectivity index (χ3v) is 4.71. The molecular weight excluding hydrogens is 266 g/mol. The molecule has 19 heavy (non-hydrogen) atoms. The van der Waals surface area contributed by atoms with Crippen molar-refractivity contribution >= 4 is 10.0 Å². The van der Waals surface area contributed by atoms with Gasteiger partial charge in [-0.05, 0) is 37.5 Å². The quantitative estimate of drug-likeness (QED) is 0.871. The second kappa shape index (κ2) is 6.00. The second-order valence-electron chi connectivity index (χ2n) is 4.76. The third-order valence-electron chi connectivity index (χ3n) is 3.19. The normalized spacial score (nSPS) is 19.3. The van der Waals surface area contributed by atoms with Crippen LogP contribution in [0.5, 0.6) is 0 Å². The van der Waals surface area contributed by atoms with Crippen LogP contribution in [-0.4, -0.2) is 32.8 Å². The minimum absolute atomic E-state index is 0.0750. The predicted molar refractivity (Wildman–Crippen MR) is 71.2 cm³/mol. The van der Waals surface area contributed by atoms with Crippen molar-refractivity contribution in [3.05, 3.63) is 29.8 Å². The van der Waals surface area contributed by atoms with Gasteiger partial charge >= 0.3 is 0 Å². The van der Waals surface area contributed by atoms with Crippen molar-refractivity contribution in [1.82, 2.24) is 4.72 Å². The van der Waals surface area contributed by atoms with Crippen LogP contribution in [0.25, 0.3) is 0 Å². The Balaban J connectivity index is 2.16. The summed E-state index contributed by atoms with van der Waals surface area (Å²) in [6, 6.07) is 6.31. The van der Waals surface area contributed by atoms with Crippen LogP contribution in [-0.2, 0) is 14.8 Å². The molecule has 1 aliphatic rings. The first kappa shape index (κ1) is 14.5. The monoisotopic (exact) mass is 285 g/mol. The Kier molecular flexibility index (Phi) is 4.57. The van der Waals surface area contributed by atoms with Gasteiger partial charge in [0.2, 0.25) is 10.0 Å². The number of hydrogen-bond donors (Lipinski definition) is 2. The predicted octanol–water partition coefficient (Wildman–Crippen LogP) is 1.20. The average molecular weight is 285 g/mol. The molecule has 1 saturated heterocycles. The van der Waals surface area contributed by atoms with Crippen molar-refractivity contribution in [2.24, 2.45) is 0 Å². The standard InChI is InChI=1S/C13H19NO4S/c1-10(15)11-3-2-4-13(9-11)19(16,17)14-12-5-7-18-8-6-12/h2-4,9-10,12,14-15H,5-8H2,1H3. The number of hydrogen-bond acceptors (Lipinski definition) is 4. The Morgan fingerprint density at radius 1 is 1.37 bits per heavy atom. The van der Waals surface area contributed by atoms with Crippen molar-refractivity contribution < 1.29 is 18.3 Å². The molecule has 0 aliphatic carbocycles. The van der Waals surface area contributed by atoms with Crippen molar-refractivity contribution in [1.29, 1.82) is 0 Å². The van der Waals surface area contributed by atoms with Gasteiger partial charge in [0, 0.05) is 19.3 Å². The van der Waals surface area contributed by atoms with Gasteiger partial charge < -0.3 is 9.84 Å². The molecule has 0 bridgehead atoms. The summed E-state index contributed by atoms with van der Waals surface area (Å²) in [5, 5.41) is 9.50. The van der Waals surface area contributed by atoms with E-state index in [1.165, 1.54) is 12.1 Å². The molecule has 1 fully saturated rings. The number of nitrogens with one attached hydrogen (secondary N) is 1. The lowest BCUT2D eigenvalue weighted by atomic mass is 10.1. The molecule has 0 saturated carbocycles. The Morgan fingerprint density at radius 2 is 2.05 bits per heavy atom. The highest BCUT2D eigenvalue weighted by Crippen LogP contribution is 2.18. The number of rotatable bonds is 4. The number of benzene rings is 1. The number of sulfonamides is 1. The van der Waals surface area contributed by atoms with Gasteiger partial charge in [0.1, 0.15) is 0 Å². The molecule has 1 aliphatic heterocycles. The van der Waals surface area contributed by atoms with Gasteiger partial charge in [0.15, 0.2) is 0 Å². The topological polar surface area (TPSA) is 75.6 Å². The molecule has 1 aromatic rings. The highest BCUT2D eigenvalue weighted by molar-refractivity contribution is 7.89. The van der Waals surface area contributed by atoms with E-state index in [1.54, 1.807) is 19.1 Å². The smallest absolute Gasteiger partial charge is 0.240 e. The molecule has 1 atom stereocenters. The Labute approximate surface area is 113 Å². The van der Waals surface area contributed by atoms with Gasteiger partial charge in [-0.3, -0.25) is 0 Å². The van der Waals surface area contributed by atoms with Crippen LogP contribution >= 0.6 is 0 Å². The highest BCUT2D eigenvalue weighted by Gasteiger charge is 2.22. The van der Waals surface area contributed by atoms with Crippen LogP contribution in [0, 0.1) is 0 Å². The van der Waals surface area contributed by atoms with Crippen LogP contribution in [0.3, 0.4) is 0 Å². The van der Waals surface area contributed by atoms with Gasteiger partial charge in [-0.25, -0.2) is 13.1 Å². The first-order chi connectivity index (χ1) is 8.99. The summed E-state index contributed by atoms with van der Waals surface area (Å²) in [5.74, 6) is 0. The molecule has 106 valence electrons. The molecule has 0 aromatic heterocycles. The number of ether oxygens (including phenoxy) is 1. The maximum Gasteiger partial charge on any atom is 0.240 e. The molecule has 5 nitrogen and oxygen atoms in total. The van der Waals surface area contributed by atoms with Crippen LogP contribution in [0.1, 0.15) is 31.4 Å². The van der Waals surface area contributed by atoms with Crippen molar-refractivity contribution in [2.45, 2.75) is 36.8 Å². The summed E-state index contributed by atoms with van der Waals surface area (Å²) in [5.41, 5.74) is 0.592.